The van der Waals surface area contributed by atoms with Crippen LogP contribution in [0.4, 0.5) is 13.2 Å². The van der Waals surface area contributed by atoms with Gasteiger partial charge in [0.2, 0.25) is 5.88 Å². The number of hydrogen-bond acceptors (Lipinski definition) is 7. The summed E-state index contributed by atoms with van der Waals surface area (Å²) in [5, 5.41) is 0. The standard InChI is InChI=1S/C16H23F3N4O5S/c1-10-11(2)20-9-21-15(10)28-8-14(24)23-6-4-5-12(13(23)7-27-3)22-29(25,26)16(17,18)19/h9,12-13,22H,4-8H2,1-3H3/t12-,13?/m0/s1. The van der Waals surface area contributed by atoms with Gasteiger partial charge in [-0.05, 0) is 26.7 Å². The van der Waals surface area contributed by atoms with E-state index in [1.54, 1.807) is 18.6 Å². The molecule has 0 aliphatic carbocycles. The van der Waals surface area contributed by atoms with Gasteiger partial charge in [0.05, 0.1) is 12.6 Å². The second kappa shape index (κ2) is 9.22. The molecule has 0 spiro atoms. The summed E-state index contributed by atoms with van der Waals surface area (Å²) < 4.78 is 73.4. The van der Waals surface area contributed by atoms with Crippen LogP contribution in [0.25, 0.3) is 0 Å². The first-order valence-electron chi connectivity index (χ1n) is 8.76. The average Bonchev–Trinajstić information content (AvgIpc) is 2.63. The number of hydrogen-bond donors (Lipinski definition) is 1. The third kappa shape index (κ3) is 5.54. The predicted molar refractivity (Wildman–Crippen MR) is 95.5 cm³/mol. The number of likely N-dealkylation sites (tertiary alicyclic amines) is 1. The van der Waals surface area contributed by atoms with E-state index in [1.165, 1.54) is 18.3 Å². The lowest BCUT2D eigenvalue weighted by atomic mass is 9.97. The van der Waals surface area contributed by atoms with Gasteiger partial charge < -0.3 is 14.4 Å². The summed E-state index contributed by atoms with van der Waals surface area (Å²) in [6, 6.07) is -2.04. The SMILES string of the molecule is COCC1[C@@H](NS(=O)(=O)C(F)(F)F)CCCN1C(=O)COc1ncnc(C)c1C. The molecule has 164 valence electrons. The third-order valence-electron chi connectivity index (χ3n) is 4.67. The molecule has 1 aliphatic heterocycles. The molecule has 0 bridgehead atoms. The number of carbonyl (C=O) groups is 1. The number of alkyl halides is 3. The summed E-state index contributed by atoms with van der Waals surface area (Å²) in [5.74, 6) is -0.293. The topological polar surface area (TPSA) is 111 Å². The lowest BCUT2D eigenvalue weighted by molar-refractivity contribution is -0.139. The zero-order valence-corrected chi connectivity index (χ0v) is 17.0. The van der Waals surface area contributed by atoms with Gasteiger partial charge >= 0.3 is 15.5 Å². The van der Waals surface area contributed by atoms with Crippen LogP contribution in [0.3, 0.4) is 0 Å². The van der Waals surface area contributed by atoms with Crippen molar-refractivity contribution < 1.29 is 35.9 Å². The first kappa shape index (κ1) is 23.3. The van der Waals surface area contributed by atoms with Crippen molar-refractivity contribution in [1.82, 2.24) is 19.6 Å². The second-order valence-corrected chi connectivity index (χ2v) is 8.31. The number of amides is 1. The molecule has 1 saturated heterocycles. The molecule has 1 aliphatic rings. The van der Waals surface area contributed by atoms with E-state index in [0.717, 1.165) is 0 Å². The maximum atomic E-state index is 12.7. The number of nitrogens with one attached hydrogen (secondary N) is 1. The fourth-order valence-corrected chi connectivity index (χ4v) is 3.83. The summed E-state index contributed by atoms with van der Waals surface area (Å²) in [6.45, 7) is 3.18. The van der Waals surface area contributed by atoms with Crippen molar-refractivity contribution in [3.8, 4) is 5.88 Å². The molecule has 9 nitrogen and oxygen atoms in total. The molecule has 2 heterocycles. The van der Waals surface area contributed by atoms with Gasteiger partial charge in [0, 0.05) is 31.0 Å². The molecule has 1 unspecified atom stereocenters. The van der Waals surface area contributed by atoms with E-state index < -0.39 is 40.1 Å². The number of carbonyl (C=O) groups excluding carboxylic acids is 1. The van der Waals surface area contributed by atoms with Gasteiger partial charge in [-0.2, -0.15) is 13.2 Å². The summed E-state index contributed by atoms with van der Waals surface area (Å²) >= 11 is 0. The number of halogens is 3. The largest absolute Gasteiger partial charge is 0.511 e. The number of rotatable bonds is 7. The van der Waals surface area contributed by atoms with E-state index in [0.29, 0.717) is 17.7 Å². The fraction of sp³-hybridized carbons (Fsp3) is 0.688. The Hall–Kier alpha value is -1.99. The minimum Gasteiger partial charge on any atom is -0.467 e. The second-order valence-electron chi connectivity index (χ2n) is 6.60. The van der Waals surface area contributed by atoms with Crippen molar-refractivity contribution in [2.24, 2.45) is 0 Å². The van der Waals surface area contributed by atoms with E-state index >= 15 is 0 Å². The maximum absolute atomic E-state index is 12.7. The number of ether oxygens (including phenoxy) is 2. The molecule has 1 aromatic rings. The number of nitrogens with zero attached hydrogens (tertiary/aromatic N) is 3. The fourth-order valence-electron chi connectivity index (χ4n) is 3.02. The lowest BCUT2D eigenvalue weighted by Crippen LogP contribution is -2.60. The van der Waals surface area contributed by atoms with Crippen LogP contribution in [0.5, 0.6) is 5.88 Å². The van der Waals surface area contributed by atoms with Gasteiger partial charge in [-0.25, -0.2) is 23.1 Å². The molecule has 29 heavy (non-hydrogen) atoms. The Labute approximate surface area is 166 Å². The third-order valence-corrected chi connectivity index (χ3v) is 5.89. The van der Waals surface area contributed by atoms with Crippen LogP contribution in [-0.4, -0.2) is 73.7 Å². The van der Waals surface area contributed by atoms with Gasteiger partial charge in [-0.3, -0.25) is 4.79 Å². The number of aryl methyl sites for hydroxylation is 1. The average molecular weight is 440 g/mol. The summed E-state index contributed by atoms with van der Waals surface area (Å²) in [5.41, 5.74) is -4.11. The summed E-state index contributed by atoms with van der Waals surface area (Å²) in [4.78, 5) is 21.9. The van der Waals surface area contributed by atoms with Crippen molar-refractivity contribution in [2.45, 2.75) is 44.3 Å². The van der Waals surface area contributed by atoms with Crippen LogP contribution in [0.15, 0.2) is 6.33 Å². The molecule has 1 aromatic heterocycles. The highest BCUT2D eigenvalue weighted by Gasteiger charge is 2.48. The van der Waals surface area contributed by atoms with Crippen molar-refractivity contribution in [3.63, 3.8) is 0 Å². The molecule has 2 rings (SSSR count). The van der Waals surface area contributed by atoms with Crippen LogP contribution in [-0.2, 0) is 19.6 Å². The number of piperidine rings is 1. The Bertz CT molecular complexity index is 834. The summed E-state index contributed by atoms with van der Waals surface area (Å²) in [6.07, 6.45) is 1.75. The maximum Gasteiger partial charge on any atom is 0.511 e. The Morgan fingerprint density at radius 2 is 2.03 bits per heavy atom. The molecule has 0 aromatic carbocycles. The first-order chi connectivity index (χ1) is 13.5. The van der Waals surface area contributed by atoms with Crippen molar-refractivity contribution in [1.29, 1.82) is 0 Å². The summed E-state index contributed by atoms with van der Waals surface area (Å²) in [7, 11) is -4.24. The zero-order chi connectivity index (χ0) is 21.8. The molecule has 0 saturated carbocycles. The number of aromatic nitrogens is 2. The Kier molecular flexibility index (Phi) is 7.40. The highest BCUT2D eigenvalue weighted by molar-refractivity contribution is 7.90. The molecule has 1 fully saturated rings. The van der Waals surface area contributed by atoms with Crippen molar-refractivity contribution in [2.75, 3.05) is 26.9 Å². The first-order valence-corrected chi connectivity index (χ1v) is 10.2. The predicted octanol–water partition coefficient (Wildman–Crippen LogP) is 0.917. The van der Waals surface area contributed by atoms with Crippen molar-refractivity contribution >= 4 is 15.9 Å². The molecule has 2 atom stereocenters. The van der Waals surface area contributed by atoms with Gasteiger partial charge in [0.15, 0.2) is 6.61 Å². The smallest absolute Gasteiger partial charge is 0.467 e. The Morgan fingerprint density at radius 3 is 2.66 bits per heavy atom. The molecule has 1 N–H and O–H groups in total. The molecule has 0 radical (unpaired) electrons. The number of methoxy groups -OCH3 is 1. The van der Waals surface area contributed by atoms with Gasteiger partial charge in [-0.15, -0.1) is 0 Å². The van der Waals surface area contributed by atoms with Crippen LogP contribution in [0.2, 0.25) is 0 Å². The molecule has 13 heteroatoms. The molecular formula is C16H23F3N4O5S. The minimum absolute atomic E-state index is 0.136. The zero-order valence-electron chi connectivity index (χ0n) is 16.2. The highest BCUT2D eigenvalue weighted by atomic mass is 32.2. The van der Waals surface area contributed by atoms with Crippen molar-refractivity contribution in [3.05, 3.63) is 17.6 Å². The van der Waals surface area contributed by atoms with Crippen LogP contribution in [0, 0.1) is 13.8 Å². The van der Waals surface area contributed by atoms with E-state index in [-0.39, 0.29) is 25.5 Å². The molecule has 1 amide bonds. The van der Waals surface area contributed by atoms with Gasteiger partial charge in [-0.1, -0.05) is 0 Å². The minimum atomic E-state index is -5.56. The van der Waals surface area contributed by atoms with Crippen LogP contribution < -0.4 is 9.46 Å². The lowest BCUT2D eigenvalue weighted by Gasteiger charge is -2.41. The van der Waals surface area contributed by atoms with E-state index in [9.17, 15) is 26.4 Å². The van der Waals surface area contributed by atoms with Crippen LogP contribution in [0.1, 0.15) is 24.1 Å². The Morgan fingerprint density at radius 1 is 1.34 bits per heavy atom. The van der Waals surface area contributed by atoms with E-state index in [4.69, 9.17) is 9.47 Å². The number of sulfonamides is 1. The quantitative estimate of drug-likeness (QED) is 0.671. The van der Waals surface area contributed by atoms with Gasteiger partial charge in [0.25, 0.3) is 5.91 Å². The monoisotopic (exact) mass is 440 g/mol. The molecular weight excluding hydrogens is 417 g/mol. The van der Waals surface area contributed by atoms with E-state index in [2.05, 4.69) is 9.97 Å². The van der Waals surface area contributed by atoms with Gasteiger partial charge in [0.1, 0.15) is 6.33 Å². The normalized spacial score (nSPS) is 20.6. The highest BCUT2D eigenvalue weighted by Crippen LogP contribution is 2.26. The Balaban J connectivity index is 2.13. The van der Waals surface area contributed by atoms with E-state index in [1.807, 2.05) is 0 Å². The van der Waals surface area contributed by atoms with Crippen LogP contribution >= 0.6 is 0 Å².